The number of anilines is 2. The lowest BCUT2D eigenvalue weighted by Crippen LogP contribution is -2.22. The van der Waals surface area contributed by atoms with Crippen LogP contribution in [0.5, 0.6) is 0 Å². The molecule has 4 aromatic rings. The van der Waals surface area contributed by atoms with E-state index in [4.69, 9.17) is 9.40 Å². The van der Waals surface area contributed by atoms with Crippen LogP contribution in [0.25, 0.3) is 11.3 Å². The molecular weight excluding hydrogens is 456 g/mol. The smallest absolute Gasteiger partial charge is 0.284 e. The molecule has 0 aliphatic carbocycles. The van der Waals surface area contributed by atoms with Crippen LogP contribution in [-0.2, 0) is 18.9 Å². The number of nitrogens with zero attached hydrogens (tertiary/aromatic N) is 6. The van der Waals surface area contributed by atoms with Crippen molar-refractivity contribution >= 4 is 17.4 Å². The van der Waals surface area contributed by atoms with Crippen molar-refractivity contribution in [1.82, 2.24) is 35.3 Å². The molecule has 5 rings (SSSR count). The Bertz CT molecular complexity index is 1380. The number of nitrogens with one attached hydrogen (secondary N) is 2. The van der Waals surface area contributed by atoms with E-state index in [2.05, 4.69) is 49.1 Å². The Hall–Kier alpha value is -3.92. The molecule has 0 spiro atoms. The average Bonchev–Trinajstić information content (AvgIpc) is 3.46. The molecule has 2 N–H and O–H groups in total. The number of ketones is 1. The number of rotatable bonds is 6. The predicted molar refractivity (Wildman–Crippen MR) is 135 cm³/mol. The number of hydrogen-bond acceptors (Lipinski definition) is 9. The standard InChI is InChI=1S/C26H30N8O2/c1-26(2,3)24-33-32-23(36-24)22(35)12-18-13-27-9-7-16-11-17(5-6-20(16)18)21-8-10-28-25(31-21)30-19-14-29-34(4)15-19/h5-6,8,10-11,14-15,18,27H,7,9,12-13H2,1-4H3,(H,28,30,31). The van der Waals surface area contributed by atoms with E-state index < -0.39 is 0 Å². The second-order valence-corrected chi connectivity index (χ2v) is 10.1. The Kier molecular flexibility index (Phi) is 6.36. The Morgan fingerprint density at radius 1 is 1.25 bits per heavy atom. The average molecular weight is 487 g/mol. The Morgan fingerprint density at radius 3 is 2.86 bits per heavy atom. The van der Waals surface area contributed by atoms with Crippen LogP contribution in [0.1, 0.15) is 60.8 Å². The third kappa shape index (κ3) is 5.18. The second-order valence-electron chi connectivity index (χ2n) is 10.1. The summed E-state index contributed by atoms with van der Waals surface area (Å²) in [4.78, 5) is 22.0. The summed E-state index contributed by atoms with van der Waals surface area (Å²) in [5, 5.41) is 18.9. The number of aromatic nitrogens is 6. The molecule has 0 fully saturated rings. The summed E-state index contributed by atoms with van der Waals surface area (Å²) in [5.74, 6) is 0.940. The van der Waals surface area contributed by atoms with E-state index in [9.17, 15) is 4.79 Å². The minimum absolute atomic E-state index is 0.0160. The van der Waals surface area contributed by atoms with Crippen molar-refractivity contribution in [2.45, 2.75) is 44.9 Å². The molecule has 186 valence electrons. The van der Waals surface area contributed by atoms with Crippen LogP contribution in [0, 0.1) is 0 Å². The lowest BCUT2D eigenvalue weighted by molar-refractivity contribution is 0.0936. The largest absolute Gasteiger partial charge is 0.418 e. The van der Waals surface area contributed by atoms with Crippen molar-refractivity contribution in [3.05, 3.63) is 65.8 Å². The van der Waals surface area contributed by atoms with Crippen LogP contribution in [0.4, 0.5) is 11.6 Å². The Morgan fingerprint density at radius 2 is 2.11 bits per heavy atom. The van der Waals surface area contributed by atoms with Crippen LogP contribution < -0.4 is 10.6 Å². The first-order valence-corrected chi connectivity index (χ1v) is 12.1. The van der Waals surface area contributed by atoms with E-state index >= 15 is 0 Å². The van der Waals surface area contributed by atoms with Crippen LogP contribution in [0.3, 0.4) is 0 Å². The molecule has 10 heteroatoms. The maximum atomic E-state index is 13.0. The molecular formula is C26H30N8O2. The highest BCUT2D eigenvalue weighted by atomic mass is 16.4. The zero-order valence-electron chi connectivity index (χ0n) is 20.9. The van der Waals surface area contributed by atoms with Gasteiger partial charge in [-0.05, 0) is 36.2 Å². The van der Waals surface area contributed by atoms with Gasteiger partial charge in [0, 0.05) is 49.3 Å². The maximum absolute atomic E-state index is 13.0. The SMILES string of the molecule is Cn1cc(Nc2nccc(-c3ccc4c(c3)CCNCC4CC(=O)c3nnc(C(C)(C)C)o3)n2)cn1. The first kappa shape index (κ1) is 23.8. The fourth-order valence-electron chi connectivity index (χ4n) is 4.32. The molecule has 1 atom stereocenters. The van der Waals surface area contributed by atoms with Crippen molar-refractivity contribution in [3.8, 4) is 11.3 Å². The van der Waals surface area contributed by atoms with E-state index in [1.54, 1.807) is 17.1 Å². The zero-order chi connectivity index (χ0) is 25.3. The predicted octanol–water partition coefficient (Wildman–Crippen LogP) is 3.80. The molecule has 36 heavy (non-hydrogen) atoms. The molecule has 0 bridgehead atoms. The summed E-state index contributed by atoms with van der Waals surface area (Å²) in [6.45, 7) is 7.49. The van der Waals surface area contributed by atoms with Crippen LogP contribution >= 0.6 is 0 Å². The van der Waals surface area contributed by atoms with E-state index in [1.807, 2.05) is 40.1 Å². The molecule has 1 aromatic carbocycles. The fourth-order valence-corrected chi connectivity index (χ4v) is 4.32. The minimum Gasteiger partial charge on any atom is -0.418 e. The number of carbonyl (C=O) groups excluding carboxylic acids is 1. The molecule has 0 amide bonds. The molecule has 1 aliphatic rings. The summed E-state index contributed by atoms with van der Waals surface area (Å²) in [7, 11) is 1.86. The van der Waals surface area contributed by atoms with Gasteiger partial charge >= 0.3 is 0 Å². The Labute approximate surface area is 209 Å². The van der Waals surface area contributed by atoms with Gasteiger partial charge in [0.1, 0.15) is 0 Å². The molecule has 0 saturated carbocycles. The second kappa shape index (κ2) is 9.62. The monoisotopic (exact) mass is 486 g/mol. The topological polar surface area (TPSA) is 124 Å². The van der Waals surface area contributed by atoms with Gasteiger partial charge in [-0.2, -0.15) is 5.10 Å². The van der Waals surface area contributed by atoms with Gasteiger partial charge in [0.25, 0.3) is 5.89 Å². The van der Waals surface area contributed by atoms with E-state index in [0.717, 1.165) is 35.5 Å². The van der Waals surface area contributed by atoms with Crippen molar-refractivity contribution in [2.75, 3.05) is 18.4 Å². The summed E-state index contributed by atoms with van der Waals surface area (Å²) in [6.07, 6.45) is 6.51. The number of carbonyl (C=O) groups is 1. The van der Waals surface area contributed by atoms with Crippen molar-refractivity contribution in [3.63, 3.8) is 0 Å². The molecule has 10 nitrogen and oxygen atoms in total. The van der Waals surface area contributed by atoms with Crippen molar-refractivity contribution < 1.29 is 9.21 Å². The van der Waals surface area contributed by atoms with Gasteiger partial charge in [-0.3, -0.25) is 9.48 Å². The fraction of sp³-hybridized carbons (Fsp3) is 0.385. The highest BCUT2D eigenvalue weighted by molar-refractivity contribution is 5.92. The molecule has 3 aromatic heterocycles. The van der Waals surface area contributed by atoms with E-state index in [1.165, 1.54) is 5.56 Å². The Balaban J connectivity index is 1.36. The van der Waals surface area contributed by atoms with Crippen LogP contribution in [0.2, 0.25) is 0 Å². The molecule has 1 unspecified atom stereocenters. The van der Waals surface area contributed by atoms with Crippen molar-refractivity contribution in [1.29, 1.82) is 0 Å². The van der Waals surface area contributed by atoms with Gasteiger partial charge in [0.15, 0.2) is 0 Å². The third-order valence-corrected chi connectivity index (χ3v) is 6.19. The highest BCUT2D eigenvalue weighted by Crippen LogP contribution is 2.31. The number of Topliss-reactive ketones (excluding diaryl/α,β-unsaturated/α-hetero) is 1. The number of fused-ring (bicyclic) bond motifs is 1. The summed E-state index contributed by atoms with van der Waals surface area (Å²) >= 11 is 0. The first-order valence-electron chi connectivity index (χ1n) is 12.1. The molecule has 0 saturated heterocycles. The quantitative estimate of drug-likeness (QED) is 0.392. The molecule has 1 aliphatic heterocycles. The highest BCUT2D eigenvalue weighted by Gasteiger charge is 2.27. The third-order valence-electron chi connectivity index (χ3n) is 6.19. The van der Waals surface area contributed by atoms with Gasteiger partial charge in [-0.1, -0.05) is 32.9 Å². The first-order chi connectivity index (χ1) is 17.3. The van der Waals surface area contributed by atoms with Gasteiger partial charge < -0.3 is 15.1 Å². The number of hydrogen-bond donors (Lipinski definition) is 2. The van der Waals surface area contributed by atoms with E-state index in [0.29, 0.717) is 24.8 Å². The maximum Gasteiger partial charge on any atom is 0.284 e. The molecule has 4 heterocycles. The normalized spacial score (nSPS) is 15.8. The van der Waals surface area contributed by atoms with Gasteiger partial charge in [0.05, 0.1) is 17.6 Å². The minimum atomic E-state index is -0.299. The number of aryl methyl sites for hydroxylation is 1. The van der Waals surface area contributed by atoms with E-state index in [-0.39, 0.29) is 23.0 Å². The lowest BCUT2D eigenvalue weighted by atomic mass is 9.88. The lowest BCUT2D eigenvalue weighted by Gasteiger charge is -2.17. The van der Waals surface area contributed by atoms with Crippen molar-refractivity contribution in [2.24, 2.45) is 7.05 Å². The van der Waals surface area contributed by atoms with Gasteiger partial charge in [0.2, 0.25) is 17.6 Å². The summed E-state index contributed by atoms with van der Waals surface area (Å²) < 4.78 is 7.40. The van der Waals surface area contributed by atoms with Gasteiger partial charge in [-0.15, -0.1) is 10.2 Å². The summed E-state index contributed by atoms with van der Waals surface area (Å²) in [5.41, 5.74) is 4.72. The van der Waals surface area contributed by atoms with Crippen LogP contribution in [-0.4, -0.2) is 48.8 Å². The molecule has 0 radical (unpaired) electrons. The zero-order valence-corrected chi connectivity index (χ0v) is 20.9. The van der Waals surface area contributed by atoms with Crippen LogP contribution in [0.15, 0.2) is 47.3 Å². The summed E-state index contributed by atoms with van der Waals surface area (Å²) in [6, 6.07) is 8.23. The van der Waals surface area contributed by atoms with Gasteiger partial charge in [-0.25, -0.2) is 9.97 Å². The number of benzene rings is 1.